The maximum Gasteiger partial charge on any atom is 0.252 e. The van der Waals surface area contributed by atoms with Crippen LogP contribution < -0.4 is 10.6 Å². The van der Waals surface area contributed by atoms with Crippen LogP contribution in [0.5, 0.6) is 0 Å². The van der Waals surface area contributed by atoms with Crippen molar-refractivity contribution in [1.82, 2.24) is 0 Å². The van der Waals surface area contributed by atoms with E-state index in [9.17, 15) is 18.7 Å². The van der Waals surface area contributed by atoms with Gasteiger partial charge in [-0.3, -0.25) is 4.79 Å². The molecule has 2 rings (SSSR count). The predicted octanol–water partition coefficient (Wildman–Crippen LogP) is 3.03. The summed E-state index contributed by atoms with van der Waals surface area (Å²) in [7, 11) is 0. The van der Waals surface area contributed by atoms with E-state index in [2.05, 4.69) is 10.6 Å². The van der Waals surface area contributed by atoms with Crippen LogP contribution in [0.3, 0.4) is 0 Å². The summed E-state index contributed by atoms with van der Waals surface area (Å²) < 4.78 is 26.5. The van der Waals surface area contributed by atoms with E-state index in [0.29, 0.717) is 11.4 Å². The van der Waals surface area contributed by atoms with Crippen LogP contribution in [0.4, 0.5) is 25.8 Å². The molecule has 0 fully saturated rings. The largest absolute Gasteiger partial charge is 0.384 e. The summed E-state index contributed by atoms with van der Waals surface area (Å²) in [5, 5.41) is 14.5. The number of para-hydroxylation sites is 2. The van der Waals surface area contributed by atoms with Gasteiger partial charge in [-0.25, -0.2) is 8.78 Å². The molecule has 6 heteroatoms. The Balaban J connectivity index is 2.26. The van der Waals surface area contributed by atoms with Gasteiger partial charge in [-0.2, -0.15) is 0 Å². The molecule has 1 amide bonds. The quantitative estimate of drug-likeness (QED) is 0.811. The first-order valence-corrected chi connectivity index (χ1v) is 6.27. The molecule has 0 spiro atoms. The van der Waals surface area contributed by atoms with Crippen molar-refractivity contribution in [2.45, 2.75) is 13.0 Å². The molecule has 0 aliphatic heterocycles. The molecule has 21 heavy (non-hydrogen) atoms. The average molecular weight is 292 g/mol. The highest BCUT2D eigenvalue weighted by atomic mass is 19.1. The molecule has 1 atom stereocenters. The Morgan fingerprint density at radius 1 is 1.10 bits per heavy atom. The molecule has 0 radical (unpaired) electrons. The molecule has 110 valence electrons. The van der Waals surface area contributed by atoms with Gasteiger partial charge in [-0.05, 0) is 31.2 Å². The topological polar surface area (TPSA) is 61.4 Å². The number of amides is 1. The monoisotopic (exact) mass is 292 g/mol. The second-order valence-corrected chi connectivity index (χ2v) is 4.46. The normalized spacial score (nSPS) is 11.8. The molecule has 2 aromatic carbocycles. The Morgan fingerprint density at radius 2 is 1.76 bits per heavy atom. The van der Waals surface area contributed by atoms with Gasteiger partial charge in [0.25, 0.3) is 5.91 Å². The number of hydrogen-bond donors (Lipinski definition) is 3. The summed E-state index contributed by atoms with van der Waals surface area (Å²) in [5.41, 5.74) is 0.888. The Morgan fingerprint density at radius 3 is 2.38 bits per heavy atom. The average Bonchev–Trinajstić information content (AvgIpc) is 2.43. The van der Waals surface area contributed by atoms with Crippen LogP contribution >= 0.6 is 0 Å². The van der Waals surface area contributed by atoms with Gasteiger partial charge in [0, 0.05) is 6.07 Å². The standard InChI is InChI=1S/C15H14F2N2O2/c1-9(20)15(21)19-14-5-3-2-4-13(14)18-12-7-6-10(16)8-11(12)17/h2-9,18,20H,1H3,(H,19,21)/t9-/m1/s1. The molecule has 0 aliphatic rings. The molecule has 0 heterocycles. The lowest BCUT2D eigenvalue weighted by Gasteiger charge is -2.14. The van der Waals surface area contributed by atoms with Gasteiger partial charge in [0.05, 0.1) is 17.1 Å². The highest BCUT2D eigenvalue weighted by molar-refractivity contribution is 5.97. The second-order valence-electron chi connectivity index (χ2n) is 4.46. The zero-order valence-electron chi connectivity index (χ0n) is 11.2. The highest BCUT2D eigenvalue weighted by Gasteiger charge is 2.12. The van der Waals surface area contributed by atoms with Gasteiger partial charge in [0.15, 0.2) is 0 Å². The van der Waals surface area contributed by atoms with E-state index in [1.165, 1.54) is 13.0 Å². The lowest BCUT2D eigenvalue weighted by molar-refractivity contribution is -0.123. The molecule has 0 aromatic heterocycles. The van der Waals surface area contributed by atoms with Crippen LogP contribution in [0.25, 0.3) is 0 Å². The summed E-state index contributed by atoms with van der Waals surface area (Å²) in [6.07, 6.45) is -1.17. The fraction of sp³-hybridized carbons (Fsp3) is 0.133. The van der Waals surface area contributed by atoms with E-state index < -0.39 is 23.6 Å². The summed E-state index contributed by atoms with van der Waals surface area (Å²) in [5.74, 6) is -2.00. The van der Waals surface area contributed by atoms with Gasteiger partial charge < -0.3 is 15.7 Å². The van der Waals surface area contributed by atoms with Gasteiger partial charge in [0.1, 0.15) is 17.7 Å². The number of carbonyl (C=O) groups is 1. The third-order valence-corrected chi connectivity index (χ3v) is 2.76. The number of anilines is 3. The first kappa shape index (κ1) is 14.9. The fourth-order valence-electron chi connectivity index (χ4n) is 1.67. The molecule has 4 nitrogen and oxygen atoms in total. The van der Waals surface area contributed by atoms with E-state index in [-0.39, 0.29) is 5.69 Å². The Labute approximate surface area is 120 Å². The predicted molar refractivity (Wildman–Crippen MR) is 76.4 cm³/mol. The lowest BCUT2D eigenvalue weighted by Crippen LogP contribution is -2.24. The van der Waals surface area contributed by atoms with Crippen LogP contribution in [0.1, 0.15) is 6.92 Å². The summed E-state index contributed by atoms with van der Waals surface area (Å²) in [6, 6.07) is 9.76. The molecule has 3 N–H and O–H groups in total. The number of rotatable bonds is 4. The number of halogens is 2. The zero-order valence-corrected chi connectivity index (χ0v) is 11.2. The van der Waals surface area contributed by atoms with Crippen LogP contribution in [0.15, 0.2) is 42.5 Å². The Hall–Kier alpha value is -2.47. The molecular weight excluding hydrogens is 278 g/mol. The van der Waals surface area contributed by atoms with Crippen molar-refractivity contribution in [3.63, 3.8) is 0 Å². The van der Waals surface area contributed by atoms with Crippen LogP contribution in [-0.2, 0) is 4.79 Å². The number of aliphatic hydroxyl groups is 1. The van der Waals surface area contributed by atoms with Crippen LogP contribution in [-0.4, -0.2) is 17.1 Å². The minimum atomic E-state index is -1.17. The molecule has 0 saturated carbocycles. The van der Waals surface area contributed by atoms with Crippen molar-refractivity contribution >= 4 is 23.0 Å². The molecular formula is C15H14F2N2O2. The lowest BCUT2D eigenvalue weighted by atomic mass is 10.2. The molecule has 0 bridgehead atoms. The van der Waals surface area contributed by atoms with Crippen molar-refractivity contribution in [3.8, 4) is 0 Å². The number of benzene rings is 2. The number of nitrogens with one attached hydrogen (secondary N) is 2. The van der Waals surface area contributed by atoms with Crippen molar-refractivity contribution in [2.75, 3.05) is 10.6 Å². The Bertz CT molecular complexity index is 660. The highest BCUT2D eigenvalue weighted by Crippen LogP contribution is 2.27. The van der Waals surface area contributed by atoms with Crippen molar-refractivity contribution < 1.29 is 18.7 Å². The number of carbonyl (C=O) groups excluding carboxylic acids is 1. The van der Waals surface area contributed by atoms with E-state index in [4.69, 9.17) is 0 Å². The summed E-state index contributed by atoms with van der Waals surface area (Å²) in [6.45, 7) is 1.34. The van der Waals surface area contributed by atoms with Crippen molar-refractivity contribution in [2.24, 2.45) is 0 Å². The Kier molecular flexibility index (Phi) is 4.49. The van der Waals surface area contributed by atoms with Gasteiger partial charge in [-0.1, -0.05) is 12.1 Å². The maximum absolute atomic E-state index is 13.6. The molecule has 2 aromatic rings. The van der Waals surface area contributed by atoms with Gasteiger partial charge >= 0.3 is 0 Å². The second kappa shape index (κ2) is 6.32. The van der Waals surface area contributed by atoms with Crippen molar-refractivity contribution in [3.05, 3.63) is 54.1 Å². The van der Waals surface area contributed by atoms with Crippen LogP contribution in [0, 0.1) is 11.6 Å². The van der Waals surface area contributed by atoms with Crippen LogP contribution in [0.2, 0.25) is 0 Å². The summed E-state index contributed by atoms with van der Waals surface area (Å²) >= 11 is 0. The van der Waals surface area contributed by atoms with E-state index in [1.807, 2.05) is 0 Å². The minimum absolute atomic E-state index is 0.0788. The van der Waals surface area contributed by atoms with Gasteiger partial charge in [0.2, 0.25) is 0 Å². The zero-order chi connectivity index (χ0) is 15.4. The van der Waals surface area contributed by atoms with Gasteiger partial charge in [-0.15, -0.1) is 0 Å². The van der Waals surface area contributed by atoms with E-state index in [1.54, 1.807) is 24.3 Å². The molecule has 0 saturated heterocycles. The number of hydrogen-bond acceptors (Lipinski definition) is 3. The third kappa shape index (κ3) is 3.76. The van der Waals surface area contributed by atoms with E-state index >= 15 is 0 Å². The molecule has 0 unspecified atom stereocenters. The first-order valence-electron chi connectivity index (χ1n) is 6.27. The number of aliphatic hydroxyl groups excluding tert-OH is 1. The first-order chi connectivity index (χ1) is 9.97. The maximum atomic E-state index is 13.6. The third-order valence-electron chi connectivity index (χ3n) is 2.76. The van der Waals surface area contributed by atoms with Crippen molar-refractivity contribution in [1.29, 1.82) is 0 Å². The molecule has 0 aliphatic carbocycles. The summed E-state index contributed by atoms with van der Waals surface area (Å²) in [4.78, 5) is 11.5. The SMILES string of the molecule is C[C@@H](O)C(=O)Nc1ccccc1Nc1ccc(F)cc1F. The minimum Gasteiger partial charge on any atom is -0.384 e. The van der Waals surface area contributed by atoms with E-state index in [0.717, 1.165) is 12.1 Å². The fourth-order valence-corrected chi connectivity index (χ4v) is 1.67. The smallest absolute Gasteiger partial charge is 0.252 e.